The second-order valence-electron chi connectivity index (χ2n) is 3.91. The molecule has 21 heavy (non-hydrogen) atoms. The van der Waals surface area contributed by atoms with Gasteiger partial charge in [0.25, 0.3) is 5.91 Å². The molecule has 7 heteroatoms. The lowest BCUT2D eigenvalue weighted by atomic mass is 10.2. The second-order valence-corrected chi connectivity index (χ2v) is 6.41. The quantitative estimate of drug-likeness (QED) is 0.650. The van der Waals surface area contributed by atoms with Crippen LogP contribution >= 0.6 is 27.3 Å². The van der Waals surface area contributed by atoms with Gasteiger partial charge < -0.3 is 9.47 Å². The minimum atomic E-state index is -0.317. The highest BCUT2D eigenvalue weighted by Crippen LogP contribution is 2.27. The van der Waals surface area contributed by atoms with Crippen LogP contribution in [0.2, 0.25) is 0 Å². The Morgan fingerprint density at radius 2 is 2.00 bits per heavy atom. The van der Waals surface area contributed by atoms with Crippen LogP contribution in [0.3, 0.4) is 0 Å². The van der Waals surface area contributed by atoms with E-state index in [-0.39, 0.29) is 5.91 Å². The van der Waals surface area contributed by atoms with Gasteiger partial charge in [-0.05, 0) is 46.3 Å². The highest BCUT2D eigenvalue weighted by atomic mass is 79.9. The summed E-state index contributed by atoms with van der Waals surface area (Å²) in [4.78, 5) is 12.9. The molecule has 1 amide bonds. The van der Waals surface area contributed by atoms with Gasteiger partial charge >= 0.3 is 0 Å². The van der Waals surface area contributed by atoms with E-state index in [0.29, 0.717) is 17.1 Å². The van der Waals surface area contributed by atoms with Crippen LogP contribution in [0.5, 0.6) is 11.5 Å². The summed E-state index contributed by atoms with van der Waals surface area (Å²) >= 11 is 4.89. The van der Waals surface area contributed by atoms with Crippen molar-refractivity contribution in [2.75, 3.05) is 14.2 Å². The van der Waals surface area contributed by atoms with E-state index in [1.54, 1.807) is 31.5 Å². The number of ether oxygens (including phenoxy) is 2. The number of nitrogens with one attached hydrogen (secondary N) is 1. The predicted octanol–water partition coefficient (Wildman–Crippen LogP) is 3.29. The van der Waals surface area contributed by atoms with Crippen LogP contribution in [0.15, 0.2) is 39.2 Å². The number of hydrogen-bond acceptors (Lipinski definition) is 5. The lowest BCUT2D eigenvalue weighted by Crippen LogP contribution is -2.17. The Morgan fingerprint density at radius 3 is 2.62 bits per heavy atom. The van der Waals surface area contributed by atoms with Crippen molar-refractivity contribution >= 4 is 39.4 Å². The van der Waals surface area contributed by atoms with Crippen molar-refractivity contribution in [1.82, 2.24) is 5.43 Å². The summed E-state index contributed by atoms with van der Waals surface area (Å²) in [5.74, 6) is 0.750. The predicted molar refractivity (Wildman–Crippen MR) is 86.6 cm³/mol. The van der Waals surface area contributed by atoms with Crippen molar-refractivity contribution in [1.29, 1.82) is 0 Å². The maximum absolute atomic E-state index is 12.0. The summed E-state index contributed by atoms with van der Waals surface area (Å²) in [6.45, 7) is 0. The van der Waals surface area contributed by atoms with Gasteiger partial charge in [0.2, 0.25) is 0 Å². The molecule has 0 radical (unpaired) electrons. The molecule has 0 saturated heterocycles. The molecule has 1 N–H and O–H groups in total. The summed E-state index contributed by atoms with van der Waals surface area (Å²) < 4.78 is 11.3. The molecule has 0 saturated carbocycles. The Morgan fingerprint density at radius 1 is 1.24 bits per heavy atom. The first kappa shape index (κ1) is 15.5. The van der Waals surface area contributed by atoms with Crippen LogP contribution < -0.4 is 14.9 Å². The van der Waals surface area contributed by atoms with Gasteiger partial charge in [-0.1, -0.05) is 0 Å². The molecule has 1 aromatic heterocycles. The van der Waals surface area contributed by atoms with Crippen molar-refractivity contribution in [2.24, 2.45) is 5.10 Å². The number of halogens is 1. The first-order valence-electron chi connectivity index (χ1n) is 5.95. The fourth-order valence-corrected chi connectivity index (χ4v) is 2.89. The Balaban J connectivity index is 2.05. The van der Waals surface area contributed by atoms with E-state index >= 15 is 0 Å². The number of carbonyl (C=O) groups excluding carboxylic acids is 1. The molecule has 2 aromatic rings. The van der Waals surface area contributed by atoms with Gasteiger partial charge in [0.1, 0.15) is 0 Å². The molecule has 0 bridgehead atoms. The molecule has 0 spiro atoms. The summed E-state index contributed by atoms with van der Waals surface area (Å²) in [7, 11) is 3.06. The van der Waals surface area contributed by atoms with Gasteiger partial charge in [0.05, 0.1) is 24.2 Å². The molecule has 0 aliphatic rings. The minimum absolute atomic E-state index is 0.317. The van der Waals surface area contributed by atoms with E-state index in [9.17, 15) is 4.79 Å². The average Bonchev–Trinajstić information content (AvgIpc) is 2.91. The van der Waals surface area contributed by atoms with Gasteiger partial charge in [-0.2, -0.15) is 5.10 Å². The lowest BCUT2D eigenvalue weighted by Gasteiger charge is -2.08. The third-order valence-corrected chi connectivity index (χ3v) is 4.16. The van der Waals surface area contributed by atoms with Crippen LogP contribution in [-0.2, 0) is 0 Å². The van der Waals surface area contributed by atoms with E-state index in [4.69, 9.17) is 9.47 Å². The van der Waals surface area contributed by atoms with Crippen molar-refractivity contribution in [3.63, 3.8) is 0 Å². The summed E-state index contributed by atoms with van der Waals surface area (Å²) in [5.41, 5.74) is 2.91. The Labute approximate surface area is 134 Å². The number of thiophene rings is 1. The van der Waals surface area contributed by atoms with Crippen LogP contribution in [0.4, 0.5) is 0 Å². The first-order valence-corrected chi connectivity index (χ1v) is 7.55. The van der Waals surface area contributed by atoms with Crippen LogP contribution in [0, 0.1) is 0 Å². The molecule has 0 unspecified atom stereocenters. The third kappa shape index (κ3) is 4.05. The zero-order chi connectivity index (χ0) is 15.2. The maximum atomic E-state index is 12.0. The van der Waals surface area contributed by atoms with Gasteiger partial charge in [0, 0.05) is 10.4 Å². The number of carbonyl (C=O) groups is 1. The third-order valence-electron chi connectivity index (χ3n) is 2.60. The zero-order valence-electron chi connectivity index (χ0n) is 11.4. The molecule has 0 aliphatic carbocycles. The van der Waals surface area contributed by atoms with Crippen molar-refractivity contribution < 1.29 is 14.3 Å². The van der Waals surface area contributed by atoms with E-state index in [1.165, 1.54) is 18.4 Å². The molecule has 2 rings (SSSR count). The van der Waals surface area contributed by atoms with E-state index < -0.39 is 0 Å². The summed E-state index contributed by atoms with van der Waals surface area (Å²) in [5, 5.41) is 3.92. The first-order chi connectivity index (χ1) is 10.1. The van der Waals surface area contributed by atoms with Crippen LogP contribution in [-0.4, -0.2) is 26.3 Å². The number of benzene rings is 1. The maximum Gasteiger partial charge on any atom is 0.271 e. The molecule has 5 nitrogen and oxygen atoms in total. The SMILES string of the molecule is COc1ccc(C(=O)N/N=C\c2ccc(Br)s2)cc1OC. The fourth-order valence-electron chi connectivity index (χ4n) is 1.59. The molecule has 0 fully saturated rings. The summed E-state index contributed by atoms with van der Waals surface area (Å²) in [6.07, 6.45) is 1.59. The van der Waals surface area contributed by atoms with Crippen molar-refractivity contribution in [2.45, 2.75) is 0 Å². The molecule has 1 heterocycles. The van der Waals surface area contributed by atoms with Gasteiger partial charge in [0.15, 0.2) is 11.5 Å². The zero-order valence-corrected chi connectivity index (χ0v) is 13.8. The topological polar surface area (TPSA) is 59.9 Å². The largest absolute Gasteiger partial charge is 0.493 e. The van der Waals surface area contributed by atoms with Crippen molar-refractivity contribution in [3.8, 4) is 11.5 Å². The number of nitrogens with zero attached hydrogens (tertiary/aromatic N) is 1. The normalized spacial score (nSPS) is 10.6. The number of amides is 1. The monoisotopic (exact) mass is 368 g/mol. The smallest absolute Gasteiger partial charge is 0.271 e. The van der Waals surface area contributed by atoms with Gasteiger partial charge in [-0.25, -0.2) is 5.43 Å². The molecule has 110 valence electrons. The minimum Gasteiger partial charge on any atom is -0.493 e. The average molecular weight is 369 g/mol. The number of methoxy groups -OCH3 is 2. The highest BCUT2D eigenvalue weighted by molar-refractivity contribution is 9.11. The second kappa shape index (κ2) is 7.24. The molecule has 1 aromatic carbocycles. The molecular weight excluding hydrogens is 356 g/mol. The number of hydrazone groups is 1. The number of rotatable bonds is 5. The molecule has 0 atom stereocenters. The van der Waals surface area contributed by atoms with Gasteiger partial charge in [-0.15, -0.1) is 11.3 Å². The van der Waals surface area contributed by atoms with E-state index in [0.717, 1.165) is 8.66 Å². The Kier molecular flexibility index (Phi) is 5.35. The van der Waals surface area contributed by atoms with Crippen molar-refractivity contribution in [3.05, 3.63) is 44.6 Å². The van der Waals surface area contributed by atoms with Crippen LogP contribution in [0.1, 0.15) is 15.2 Å². The standard InChI is InChI=1S/C14H13BrN2O3S/c1-19-11-5-3-9(7-12(11)20-2)14(18)17-16-8-10-4-6-13(15)21-10/h3-8H,1-2H3,(H,17,18)/b16-8-. The highest BCUT2D eigenvalue weighted by Gasteiger charge is 2.09. The number of hydrogen-bond donors (Lipinski definition) is 1. The Hall–Kier alpha value is -1.86. The summed E-state index contributed by atoms with van der Waals surface area (Å²) in [6, 6.07) is 8.75. The fraction of sp³-hybridized carbons (Fsp3) is 0.143. The van der Waals surface area contributed by atoms with Crippen LogP contribution in [0.25, 0.3) is 0 Å². The van der Waals surface area contributed by atoms with E-state index in [1.807, 2.05) is 12.1 Å². The van der Waals surface area contributed by atoms with E-state index in [2.05, 4.69) is 26.5 Å². The Bertz CT molecular complexity index is 670. The van der Waals surface area contributed by atoms with Gasteiger partial charge in [-0.3, -0.25) is 4.79 Å². The lowest BCUT2D eigenvalue weighted by molar-refractivity contribution is 0.0954. The molecule has 0 aliphatic heterocycles. The molecular formula is C14H13BrN2O3S.